The van der Waals surface area contributed by atoms with Crippen LogP contribution in [0.4, 0.5) is 5.82 Å². The number of nitrogens with zero attached hydrogens (tertiary/aromatic N) is 3. The fraction of sp³-hybridized carbons (Fsp3) is 0.667. The van der Waals surface area contributed by atoms with Gasteiger partial charge in [0.05, 0.1) is 6.54 Å². The first kappa shape index (κ1) is 15.7. The quantitative estimate of drug-likeness (QED) is 0.799. The molecule has 1 saturated carbocycles. The molecule has 6 nitrogen and oxygen atoms in total. The molecule has 1 aromatic rings. The molecule has 2 rings (SSSR count). The van der Waals surface area contributed by atoms with E-state index in [-0.39, 0.29) is 6.54 Å². The van der Waals surface area contributed by atoms with Crippen LogP contribution in [-0.2, 0) is 4.79 Å². The highest BCUT2D eigenvalue weighted by atomic mass is 16.4. The molecule has 0 bridgehead atoms. The van der Waals surface area contributed by atoms with Gasteiger partial charge in [0.2, 0.25) is 0 Å². The van der Waals surface area contributed by atoms with Crippen LogP contribution in [0.1, 0.15) is 45.4 Å². The Morgan fingerprint density at radius 2 is 2.24 bits per heavy atom. The Kier molecular flexibility index (Phi) is 5.12. The van der Waals surface area contributed by atoms with Crippen LogP contribution < -0.4 is 5.32 Å². The third-order valence-corrected chi connectivity index (χ3v) is 3.92. The van der Waals surface area contributed by atoms with Gasteiger partial charge in [0.1, 0.15) is 11.6 Å². The second-order valence-electron chi connectivity index (χ2n) is 5.88. The van der Waals surface area contributed by atoms with Crippen LogP contribution in [0.3, 0.4) is 0 Å². The Balaban J connectivity index is 1.85. The van der Waals surface area contributed by atoms with E-state index in [4.69, 9.17) is 5.11 Å². The van der Waals surface area contributed by atoms with E-state index in [1.807, 2.05) is 17.9 Å². The van der Waals surface area contributed by atoms with Gasteiger partial charge in [-0.15, -0.1) is 0 Å². The highest BCUT2D eigenvalue weighted by molar-refractivity contribution is 5.69. The SMILES string of the molecule is CCN(CC(=O)O)C1CC(Nc2ccnc(C(C)C)n2)C1. The minimum absolute atomic E-state index is 0.124. The minimum Gasteiger partial charge on any atom is -0.480 e. The summed E-state index contributed by atoms with van der Waals surface area (Å²) in [4.78, 5) is 21.6. The second kappa shape index (κ2) is 6.85. The first-order chi connectivity index (χ1) is 9.99. The Morgan fingerprint density at radius 1 is 1.52 bits per heavy atom. The molecule has 2 N–H and O–H groups in total. The summed E-state index contributed by atoms with van der Waals surface area (Å²) in [5.41, 5.74) is 0. The molecule has 21 heavy (non-hydrogen) atoms. The summed E-state index contributed by atoms with van der Waals surface area (Å²) in [6.07, 6.45) is 3.70. The summed E-state index contributed by atoms with van der Waals surface area (Å²) in [6, 6.07) is 2.61. The van der Waals surface area contributed by atoms with E-state index in [0.717, 1.165) is 31.0 Å². The monoisotopic (exact) mass is 292 g/mol. The largest absolute Gasteiger partial charge is 0.480 e. The summed E-state index contributed by atoms with van der Waals surface area (Å²) in [7, 11) is 0. The van der Waals surface area contributed by atoms with Gasteiger partial charge < -0.3 is 10.4 Å². The Bertz CT molecular complexity index is 486. The molecular weight excluding hydrogens is 268 g/mol. The van der Waals surface area contributed by atoms with Crippen LogP contribution in [0, 0.1) is 0 Å². The maximum absolute atomic E-state index is 10.8. The van der Waals surface area contributed by atoms with Crippen LogP contribution in [-0.4, -0.2) is 51.1 Å². The van der Waals surface area contributed by atoms with Crippen molar-refractivity contribution in [1.82, 2.24) is 14.9 Å². The van der Waals surface area contributed by atoms with Crippen molar-refractivity contribution in [2.24, 2.45) is 0 Å². The summed E-state index contributed by atoms with van der Waals surface area (Å²) in [5.74, 6) is 1.26. The molecule has 1 fully saturated rings. The molecule has 116 valence electrons. The van der Waals surface area contributed by atoms with Gasteiger partial charge in [0.15, 0.2) is 0 Å². The van der Waals surface area contributed by atoms with Crippen LogP contribution >= 0.6 is 0 Å². The van der Waals surface area contributed by atoms with Gasteiger partial charge in [0.25, 0.3) is 0 Å². The van der Waals surface area contributed by atoms with Crippen molar-refractivity contribution >= 4 is 11.8 Å². The summed E-state index contributed by atoms with van der Waals surface area (Å²) < 4.78 is 0. The smallest absolute Gasteiger partial charge is 0.317 e. The van der Waals surface area contributed by atoms with Crippen molar-refractivity contribution < 1.29 is 9.90 Å². The normalized spacial score (nSPS) is 21.4. The van der Waals surface area contributed by atoms with Gasteiger partial charge in [0, 0.05) is 24.2 Å². The van der Waals surface area contributed by atoms with Gasteiger partial charge in [-0.1, -0.05) is 20.8 Å². The van der Waals surface area contributed by atoms with Gasteiger partial charge in [-0.05, 0) is 25.5 Å². The average molecular weight is 292 g/mol. The zero-order valence-electron chi connectivity index (χ0n) is 12.9. The van der Waals surface area contributed by atoms with Crippen molar-refractivity contribution in [1.29, 1.82) is 0 Å². The number of aromatic nitrogens is 2. The average Bonchev–Trinajstić information content (AvgIpc) is 2.40. The van der Waals surface area contributed by atoms with Gasteiger partial charge in [-0.2, -0.15) is 0 Å². The van der Waals surface area contributed by atoms with E-state index in [0.29, 0.717) is 18.0 Å². The van der Waals surface area contributed by atoms with Gasteiger partial charge in [-0.3, -0.25) is 9.69 Å². The first-order valence-electron chi connectivity index (χ1n) is 7.55. The van der Waals surface area contributed by atoms with Crippen molar-refractivity contribution in [2.45, 2.75) is 51.6 Å². The predicted octanol–water partition coefficient (Wildman–Crippen LogP) is 1.95. The van der Waals surface area contributed by atoms with E-state index in [2.05, 4.69) is 29.1 Å². The highest BCUT2D eigenvalue weighted by Crippen LogP contribution is 2.28. The standard InChI is InChI=1S/C15H24N4O2/c1-4-19(9-14(20)21)12-7-11(8-12)17-13-5-6-16-15(18-13)10(2)3/h5-6,10-12H,4,7-9H2,1-3H3,(H,20,21)(H,16,17,18). The fourth-order valence-electron chi connectivity index (χ4n) is 2.62. The molecule has 1 aliphatic carbocycles. The number of carbonyl (C=O) groups is 1. The van der Waals surface area contributed by atoms with Crippen LogP contribution in [0.2, 0.25) is 0 Å². The Labute approximate surface area is 125 Å². The topological polar surface area (TPSA) is 78.4 Å². The predicted molar refractivity (Wildman–Crippen MR) is 81.4 cm³/mol. The lowest BCUT2D eigenvalue weighted by molar-refractivity contribution is -0.139. The number of carboxylic acids is 1. The maximum Gasteiger partial charge on any atom is 0.317 e. The van der Waals surface area contributed by atoms with E-state index in [1.54, 1.807) is 6.20 Å². The van der Waals surface area contributed by atoms with Crippen LogP contribution in [0.15, 0.2) is 12.3 Å². The maximum atomic E-state index is 10.8. The lowest BCUT2D eigenvalue weighted by atomic mass is 9.85. The number of likely N-dealkylation sites (N-methyl/N-ethyl adjacent to an activating group) is 1. The number of anilines is 1. The molecule has 1 aliphatic rings. The fourth-order valence-corrected chi connectivity index (χ4v) is 2.62. The summed E-state index contributed by atoms with van der Waals surface area (Å²) in [5, 5.41) is 12.3. The summed E-state index contributed by atoms with van der Waals surface area (Å²) in [6.45, 7) is 7.05. The molecule has 0 atom stereocenters. The summed E-state index contributed by atoms with van der Waals surface area (Å²) >= 11 is 0. The van der Waals surface area contributed by atoms with Crippen LogP contribution in [0.5, 0.6) is 0 Å². The molecule has 0 aliphatic heterocycles. The lowest BCUT2D eigenvalue weighted by Crippen LogP contribution is -2.51. The zero-order valence-corrected chi connectivity index (χ0v) is 12.9. The van der Waals surface area contributed by atoms with E-state index in [9.17, 15) is 4.79 Å². The molecule has 0 aromatic carbocycles. The van der Waals surface area contributed by atoms with Crippen LogP contribution in [0.25, 0.3) is 0 Å². The van der Waals surface area contributed by atoms with Crippen molar-refractivity contribution in [2.75, 3.05) is 18.4 Å². The highest BCUT2D eigenvalue weighted by Gasteiger charge is 2.33. The second-order valence-corrected chi connectivity index (χ2v) is 5.88. The first-order valence-corrected chi connectivity index (χ1v) is 7.55. The third kappa shape index (κ3) is 4.14. The van der Waals surface area contributed by atoms with E-state index >= 15 is 0 Å². The minimum atomic E-state index is -0.759. The number of hydrogen-bond acceptors (Lipinski definition) is 5. The zero-order chi connectivity index (χ0) is 15.4. The molecule has 1 aromatic heterocycles. The van der Waals surface area contributed by atoms with E-state index < -0.39 is 5.97 Å². The molecule has 0 unspecified atom stereocenters. The number of rotatable bonds is 7. The third-order valence-electron chi connectivity index (χ3n) is 3.92. The molecule has 0 spiro atoms. The van der Waals surface area contributed by atoms with Gasteiger partial charge in [-0.25, -0.2) is 9.97 Å². The van der Waals surface area contributed by atoms with Gasteiger partial charge >= 0.3 is 5.97 Å². The molecular formula is C15H24N4O2. The molecule has 1 heterocycles. The van der Waals surface area contributed by atoms with Crippen molar-refractivity contribution in [3.63, 3.8) is 0 Å². The number of hydrogen-bond donors (Lipinski definition) is 2. The van der Waals surface area contributed by atoms with E-state index in [1.165, 1.54) is 0 Å². The van der Waals surface area contributed by atoms with Crippen molar-refractivity contribution in [3.05, 3.63) is 18.1 Å². The van der Waals surface area contributed by atoms with Crippen molar-refractivity contribution in [3.8, 4) is 0 Å². The molecule has 0 radical (unpaired) electrons. The lowest BCUT2D eigenvalue weighted by Gasteiger charge is -2.42. The number of aliphatic carboxylic acids is 1. The number of nitrogens with one attached hydrogen (secondary N) is 1. The molecule has 6 heteroatoms. The Hall–Kier alpha value is -1.69. The molecule has 0 saturated heterocycles. The Morgan fingerprint density at radius 3 is 2.81 bits per heavy atom. The molecule has 0 amide bonds. The number of carboxylic acid groups (broad SMARTS) is 1.